The lowest BCUT2D eigenvalue weighted by atomic mass is 9.83. The van der Waals surface area contributed by atoms with Crippen LogP contribution in [0.5, 0.6) is 0 Å². The van der Waals surface area contributed by atoms with Crippen molar-refractivity contribution >= 4 is 0 Å². The molecule has 0 saturated carbocycles. The molecule has 0 spiro atoms. The molecule has 1 aliphatic rings. The quantitative estimate of drug-likeness (QED) is 0.884. The first kappa shape index (κ1) is 14.5. The molecule has 2 N–H and O–H groups in total. The molecule has 19 heavy (non-hydrogen) atoms. The van der Waals surface area contributed by atoms with Crippen LogP contribution in [0.15, 0.2) is 24.3 Å². The predicted octanol–water partition coefficient (Wildman–Crippen LogP) is 2.18. The molecule has 1 aromatic rings. The van der Waals surface area contributed by atoms with Crippen molar-refractivity contribution in [2.45, 2.75) is 32.4 Å². The van der Waals surface area contributed by atoms with Crippen molar-refractivity contribution in [3.05, 3.63) is 35.4 Å². The third-order valence-corrected chi connectivity index (χ3v) is 4.60. The summed E-state index contributed by atoms with van der Waals surface area (Å²) in [5, 5.41) is 0. The number of nitrogens with zero attached hydrogens (tertiary/aromatic N) is 1. The van der Waals surface area contributed by atoms with E-state index < -0.39 is 0 Å². The molecule has 0 aliphatic carbocycles. The van der Waals surface area contributed by atoms with E-state index in [9.17, 15) is 0 Å². The van der Waals surface area contributed by atoms with Gasteiger partial charge in [0.05, 0.1) is 6.61 Å². The van der Waals surface area contributed by atoms with E-state index >= 15 is 0 Å². The van der Waals surface area contributed by atoms with Crippen LogP contribution in [0.25, 0.3) is 0 Å². The van der Waals surface area contributed by atoms with Crippen molar-refractivity contribution in [1.29, 1.82) is 0 Å². The van der Waals surface area contributed by atoms with Gasteiger partial charge in [-0.15, -0.1) is 0 Å². The number of aryl methyl sites for hydroxylation is 1. The Balaban J connectivity index is 2.09. The van der Waals surface area contributed by atoms with E-state index in [4.69, 9.17) is 10.5 Å². The highest BCUT2D eigenvalue weighted by atomic mass is 16.5. The number of benzene rings is 1. The fourth-order valence-corrected chi connectivity index (χ4v) is 2.92. The summed E-state index contributed by atoms with van der Waals surface area (Å²) >= 11 is 0. The van der Waals surface area contributed by atoms with Gasteiger partial charge in [0.15, 0.2) is 0 Å². The molecule has 1 fully saturated rings. The highest BCUT2D eigenvalue weighted by Crippen LogP contribution is 2.30. The van der Waals surface area contributed by atoms with Crippen LogP contribution in [0.1, 0.15) is 24.5 Å². The summed E-state index contributed by atoms with van der Waals surface area (Å²) in [7, 11) is 2.17. The molecule has 1 aliphatic heterocycles. The topological polar surface area (TPSA) is 38.5 Å². The second-order valence-electron chi connectivity index (χ2n) is 5.97. The molecular weight excluding hydrogens is 236 g/mol. The number of nitrogens with two attached hydrogens (primary N) is 1. The zero-order valence-corrected chi connectivity index (χ0v) is 12.4. The van der Waals surface area contributed by atoms with Crippen molar-refractivity contribution in [3.63, 3.8) is 0 Å². The molecule has 106 valence electrons. The van der Waals surface area contributed by atoms with E-state index in [2.05, 4.69) is 50.1 Å². The van der Waals surface area contributed by atoms with Crippen LogP contribution in [0.2, 0.25) is 0 Å². The van der Waals surface area contributed by atoms with Crippen molar-refractivity contribution in [2.24, 2.45) is 11.7 Å². The summed E-state index contributed by atoms with van der Waals surface area (Å²) in [6.07, 6.45) is 1.12. The van der Waals surface area contributed by atoms with Crippen LogP contribution in [-0.2, 0) is 11.3 Å². The lowest BCUT2D eigenvalue weighted by molar-refractivity contribution is 0.0609. The molecule has 1 heterocycles. The Morgan fingerprint density at radius 2 is 2.26 bits per heavy atom. The van der Waals surface area contributed by atoms with Crippen molar-refractivity contribution in [1.82, 2.24) is 4.90 Å². The summed E-state index contributed by atoms with van der Waals surface area (Å²) in [5.41, 5.74) is 8.75. The Labute approximate surface area is 116 Å². The zero-order valence-electron chi connectivity index (χ0n) is 12.4. The maximum Gasteiger partial charge on any atom is 0.0513 e. The van der Waals surface area contributed by atoms with Crippen LogP contribution in [0, 0.1) is 12.8 Å². The molecule has 0 radical (unpaired) electrons. The van der Waals surface area contributed by atoms with Gasteiger partial charge in [-0.1, -0.05) is 29.8 Å². The monoisotopic (exact) mass is 262 g/mol. The number of hydrogen-bond acceptors (Lipinski definition) is 3. The zero-order chi connectivity index (χ0) is 13.9. The van der Waals surface area contributed by atoms with Gasteiger partial charge in [-0.05, 0) is 32.9 Å². The summed E-state index contributed by atoms with van der Waals surface area (Å²) in [5.74, 6) is 0.535. The van der Waals surface area contributed by atoms with Crippen LogP contribution in [0.3, 0.4) is 0 Å². The predicted molar refractivity (Wildman–Crippen MR) is 79.0 cm³/mol. The lowest BCUT2D eigenvalue weighted by Gasteiger charge is -2.42. The SMILES string of the molecule is Cc1cccc(CN(C)C(C)(CN)C2CCOC2)c1. The Morgan fingerprint density at radius 1 is 1.47 bits per heavy atom. The van der Waals surface area contributed by atoms with E-state index in [1.807, 2.05) is 0 Å². The molecular formula is C16H26N2O. The van der Waals surface area contributed by atoms with Gasteiger partial charge in [-0.2, -0.15) is 0 Å². The molecule has 2 rings (SSSR count). The van der Waals surface area contributed by atoms with Crippen LogP contribution in [-0.4, -0.2) is 37.2 Å². The van der Waals surface area contributed by atoms with E-state index in [0.717, 1.165) is 26.2 Å². The minimum Gasteiger partial charge on any atom is -0.381 e. The van der Waals surface area contributed by atoms with Gasteiger partial charge in [0.25, 0.3) is 0 Å². The third kappa shape index (κ3) is 3.16. The Morgan fingerprint density at radius 3 is 2.84 bits per heavy atom. The normalized spacial score (nSPS) is 22.7. The Kier molecular flexibility index (Phi) is 4.61. The van der Waals surface area contributed by atoms with E-state index in [-0.39, 0.29) is 5.54 Å². The molecule has 2 atom stereocenters. The second-order valence-corrected chi connectivity index (χ2v) is 5.97. The maximum atomic E-state index is 6.07. The van der Waals surface area contributed by atoms with Gasteiger partial charge in [0, 0.05) is 31.2 Å². The van der Waals surface area contributed by atoms with Gasteiger partial charge < -0.3 is 10.5 Å². The first-order valence-electron chi connectivity index (χ1n) is 7.11. The van der Waals surface area contributed by atoms with Crippen LogP contribution in [0.4, 0.5) is 0 Å². The highest BCUT2D eigenvalue weighted by molar-refractivity contribution is 5.22. The standard InChI is InChI=1S/C16H26N2O/c1-13-5-4-6-14(9-13)10-18(3)16(2,12-17)15-7-8-19-11-15/h4-6,9,15H,7-8,10-12,17H2,1-3H3. The summed E-state index contributed by atoms with van der Waals surface area (Å²) < 4.78 is 5.54. The van der Waals surface area contributed by atoms with E-state index in [1.54, 1.807) is 0 Å². The molecule has 0 aromatic heterocycles. The summed E-state index contributed by atoms with van der Waals surface area (Å²) in [4.78, 5) is 2.39. The molecule has 1 aromatic carbocycles. The minimum absolute atomic E-state index is 0.0141. The van der Waals surface area contributed by atoms with Gasteiger partial charge in [-0.25, -0.2) is 0 Å². The largest absolute Gasteiger partial charge is 0.381 e. The first-order chi connectivity index (χ1) is 9.06. The van der Waals surface area contributed by atoms with Crippen LogP contribution >= 0.6 is 0 Å². The average molecular weight is 262 g/mol. The third-order valence-electron chi connectivity index (χ3n) is 4.60. The van der Waals surface area contributed by atoms with Gasteiger partial charge in [0.1, 0.15) is 0 Å². The van der Waals surface area contributed by atoms with Crippen molar-refractivity contribution < 1.29 is 4.74 Å². The number of hydrogen-bond donors (Lipinski definition) is 1. The Hall–Kier alpha value is -0.900. The van der Waals surface area contributed by atoms with Gasteiger partial charge in [0.2, 0.25) is 0 Å². The molecule has 0 bridgehead atoms. The molecule has 2 unspecified atom stereocenters. The molecule has 3 heteroatoms. The number of ether oxygens (including phenoxy) is 1. The number of likely N-dealkylation sites (N-methyl/N-ethyl adjacent to an activating group) is 1. The smallest absolute Gasteiger partial charge is 0.0513 e. The van der Waals surface area contributed by atoms with Gasteiger partial charge in [-0.3, -0.25) is 4.90 Å². The Bertz CT molecular complexity index is 415. The van der Waals surface area contributed by atoms with Crippen molar-refractivity contribution in [3.8, 4) is 0 Å². The summed E-state index contributed by atoms with van der Waals surface area (Å²) in [6.45, 7) is 7.72. The fourth-order valence-electron chi connectivity index (χ4n) is 2.92. The average Bonchev–Trinajstić information content (AvgIpc) is 2.92. The minimum atomic E-state index is 0.0141. The molecule has 3 nitrogen and oxygen atoms in total. The fraction of sp³-hybridized carbons (Fsp3) is 0.625. The summed E-state index contributed by atoms with van der Waals surface area (Å²) in [6, 6.07) is 8.69. The maximum absolute atomic E-state index is 6.07. The number of rotatable bonds is 5. The van der Waals surface area contributed by atoms with Crippen molar-refractivity contribution in [2.75, 3.05) is 26.8 Å². The molecule has 1 saturated heterocycles. The lowest BCUT2D eigenvalue weighted by Crippen LogP contribution is -2.54. The van der Waals surface area contributed by atoms with Crippen LogP contribution < -0.4 is 5.73 Å². The first-order valence-corrected chi connectivity index (χ1v) is 7.11. The second kappa shape index (κ2) is 6.04. The highest BCUT2D eigenvalue weighted by Gasteiger charge is 2.38. The van der Waals surface area contributed by atoms with E-state index in [1.165, 1.54) is 11.1 Å². The van der Waals surface area contributed by atoms with E-state index in [0.29, 0.717) is 12.5 Å². The van der Waals surface area contributed by atoms with Gasteiger partial charge >= 0.3 is 0 Å². The molecule has 0 amide bonds.